The van der Waals surface area contributed by atoms with Gasteiger partial charge in [0.2, 0.25) is 0 Å². The summed E-state index contributed by atoms with van der Waals surface area (Å²) in [6.07, 6.45) is 2.99. The van der Waals surface area contributed by atoms with E-state index in [1.165, 1.54) is 0 Å². The molecule has 1 N–H and O–H groups in total. The topological polar surface area (TPSA) is 72.6 Å². The van der Waals surface area contributed by atoms with E-state index >= 15 is 0 Å². The Morgan fingerprint density at radius 2 is 2.50 bits per heavy atom. The number of ether oxygens (including phenoxy) is 1. The molecule has 5 nitrogen and oxygen atoms in total. The number of rotatable bonds is 4. The van der Waals surface area contributed by atoms with Crippen molar-refractivity contribution in [2.24, 2.45) is 0 Å². The predicted molar refractivity (Wildman–Crippen MR) is 55.2 cm³/mol. The van der Waals surface area contributed by atoms with Gasteiger partial charge in [-0.25, -0.2) is 4.98 Å². The van der Waals surface area contributed by atoms with Gasteiger partial charge in [-0.1, -0.05) is 6.92 Å². The molecule has 0 bridgehead atoms. The monoisotopic (exact) mass is 225 g/mol. The van der Waals surface area contributed by atoms with Gasteiger partial charge in [0.1, 0.15) is 5.76 Å². The van der Waals surface area contributed by atoms with E-state index in [9.17, 15) is 4.79 Å². The van der Waals surface area contributed by atoms with Gasteiger partial charge in [-0.3, -0.25) is 4.79 Å². The number of oxazole rings is 1. The molecule has 1 aliphatic heterocycles. The molecule has 0 saturated carbocycles. The van der Waals surface area contributed by atoms with Crippen LogP contribution in [0, 0.1) is 0 Å². The van der Waals surface area contributed by atoms with Crippen LogP contribution in [0.4, 0.5) is 0 Å². The smallest absolute Gasteiger partial charge is 0.303 e. The van der Waals surface area contributed by atoms with Crippen molar-refractivity contribution < 1.29 is 19.1 Å². The zero-order valence-corrected chi connectivity index (χ0v) is 9.23. The van der Waals surface area contributed by atoms with Gasteiger partial charge in [0.05, 0.1) is 24.6 Å². The maximum absolute atomic E-state index is 10.4. The SMILES string of the molecule is CC1(c2cnc(CCC(=O)O)o2)CCOC1. The zero-order chi connectivity index (χ0) is 11.6. The molecule has 1 aromatic rings. The first kappa shape index (κ1) is 11.1. The fraction of sp³-hybridized carbons (Fsp3) is 0.636. The van der Waals surface area contributed by atoms with Crippen LogP contribution in [0.3, 0.4) is 0 Å². The summed E-state index contributed by atoms with van der Waals surface area (Å²) >= 11 is 0. The molecule has 1 saturated heterocycles. The molecule has 1 aliphatic rings. The van der Waals surface area contributed by atoms with Crippen LogP contribution in [0.1, 0.15) is 31.4 Å². The number of hydrogen-bond donors (Lipinski definition) is 1. The Balaban J connectivity index is 2.04. The van der Waals surface area contributed by atoms with Gasteiger partial charge >= 0.3 is 5.97 Å². The normalized spacial score (nSPS) is 24.8. The number of aliphatic carboxylic acids is 1. The van der Waals surface area contributed by atoms with Gasteiger partial charge in [-0.15, -0.1) is 0 Å². The maximum atomic E-state index is 10.4. The number of carboxylic acids is 1. The second-order valence-corrected chi connectivity index (χ2v) is 4.38. The van der Waals surface area contributed by atoms with Crippen molar-refractivity contribution in [2.75, 3.05) is 13.2 Å². The molecule has 0 radical (unpaired) electrons. The van der Waals surface area contributed by atoms with Crippen molar-refractivity contribution in [3.63, 3.8) is 0 Å². The summed E-state index contributed by atoms with van der Waals surface area (Å²) in [5.41, 5.74) is -0.103. The minimum absolute atomic E-state index is 0.0488. The van der Waals surface area contributed by atoms with E-state index in [0.29, 0.717) is 18.9 Å². The van der Waals surface area contributed by atoms with E-state index in [1.807, 2.05) is 0 Å². The lowest BCUT2D eigenvalue weighted by Gasteiger charge is -2.17. The lowest BCUT2D eigenvalue weighted by atomic mass is 9.88. The quantitative estimate of drug-likeness (QED) is 0.837. The highest BCUT2D eigenvalue weighted by atomic mass is 16.5. The molecule has 1 fully saturated rings. The Morgan fingerprint density at radius 1 is 1.69 bits per heavy atom. The molecule has 5 heteroatoms. The van der Waals surface area contributed by atoms with Crippen LogP contribution in [0.25, 0.3) is 0 Å². The molecule has 0 amide bonds. The van der Waals surface area contributed by atoms with Gasteiger partial charge in [0.15, 0.2) is 5.89 Å². The third-order valence-corrected chi connectivity index (χ3v) is 2.92. The van der Waals surface area contributed by atoms with Crippen LogP contribution in [-0.4, -0.2) is 29.3 Å². The predicted octanol–water partition coefficient (Wildman–Crippen LogP) is 1.37. The summed E-state index contributed by atoms with van der Waals surface area (Å²) < 4.78 is 10.9. The van der Waals surface area contributed by atoms with Crippen LogP contribution in [0.15, 0.2) is 10.6 Å². The minimum Gasteiger partial charge on any atom is -0.481 e. The number of aryl methyl sites for hydroxylation is 1. The molecule has 1 aromatic heterocycles. The summed E-state index contributed by atoms with van der Waals surface area (Å²) in [5.74, 6) is 0.450. The summed E-state index contributed by atoms with van der Waals surface area (Å²) in [4.78, 5) is 14.5. The first-order valence-corrected chi connectivity index (χ1v) is 5.35. The second kappa shape index (κ2) is 4.25. The third kappa shape index (κ3) is 2.24. The van der Waals surface area contributed by atoms with Gasteiger partial charge in [-0.2, -0.15) is 0 Å². The highest BCUT2D eigenvalue weighted by Gasteiger charge is 2.35. The number of hydrogen-bond acceptors (Lipinski definition) is 4. The fourth-order valence-corrected chi connectivity index (χ4v) is 1.78. The van der Waals surface area contributed by atoms with Gasteiger partial charge in [0, 0.05) is 13.0 Å². The van der Waals surface area contributed by atoms with E-state index in [0.717, 1.165) is 18.8 Å². The Kier molecular flexibility index (Phi) is 2.96. The first-order valence-electron chi connectivity index (χ1n) is 5.35. The van der Waals surface area contributed by atoms with Crippen LogP contribution in [-0.2, 0) is 21.4 Å². The second-order valence-electron chi connectivity index (χ2n) is 4.38. The molecule has 0 aliphatic carbocycles. The van der Waals surface area contributed by atoms with Gasteiger partial charge in [-0.05, 0) is 6.42 Å². The number of nitrogens with zero attached hydrogens (tertiary/aromatic N) is 1. The van der Waals surface area contributed by atoms with Crippen molar-refractivity contribution in [1.82, 2.24) is 4.98 Å². The first-order chi connectivity index (χ1) is 7.60. The Labute approximate surface area is 93.4 Å². The van der Waals surface area contributed by atoms with Crippen molar-refractivity contribution in [3.8, 4) is 0 Å². The minimum atomic E-state index is -0.838. The van der Waals surface area contributed by atoms with Crippen LogP contribution < -0.4 is 0 Å². The van der Waals surface area contributed by atoms with Gasteiger partial charge in [0.25, 0.3) is 0 Å². The average molecular weight is 225 g/mol. The number of carboxylic acid groups (broad SMARTS) is 1. The number of aromatic nitrogens is 1. The van der Waals surface area contributed by atoms with Crippen LogP contribution >= 0.6 is 0 Å². The molecule has 2 rings (SSSR count). The van der Waals surface area contributed by atoms with E-state index < -0.39 is 5.97 Å². The lowest BCUT2D eigenvalue weighted by molar-refractivity contribution is -0.137. The molecular weight excluding hydrogens is 210 g/mol. The Hall–Kier alpha value is -1.36. The van der Waals surface area contributed by atoms with Crippen LogP contribution in [0.5, 0.6) is 0 Å². The van der Waals surface area contributed by atoms with Crippen molar-refractivity contribution in [2.45, 2.75) is 31.6 Å². The highest BCUT2D eigenvalue weighted by Crippen LogP contribution is 2.32. The van der Waals surface area contributed by atoms with E-state index in [-0.39, 0.29) is 11.8 Å². The molecule has 0 aromatic carbocycles. The fourth-order valence-electron chi connectivity index (χ4n) is 1.78. The van der Waals surface area contributed by atoms with Crippen molar-refractivity contribution in [1.29, 1.82) is 0 Å². The van der Waals surface area contributed by atoms with Crippen molar-refractivity contribution in [3.05, 3.63) is 17.8 Å². The molecular formula is C11H15NO4. The molecule has 1 atom stereocenters. The highest BCUT2D eigenvalue weighted by molar-refractivity contribution is 5.66. The molecule has 16 heavy (non-hydrogen) atoms. The molecule has 1 unspecified atom stereocenters. The summed E-state index contributed by atoms with van der Waals surface area (Å²) in [7, 11) is 0. The standard InChI is InChI=1S/C11H15NO4/c1-11(4-5-15-7-11)8-6-12-9(16-8)2-3-10(13)14/h6H,2-5,7H2,1H3,(H,13,14). The summed E-state index contributed by atoms with van der Waals surface area (Å²) in [6, 6.07) is 0. The zero-order valence-electron chi connectivity index (χ0n) is 9.23. The Bertz CT molecular complexity index is 379. The average Bonchev–Trinajstić information content (AvgIpc) is 2.84. The third-order valence-electron chi connectivity index (χ3n) is 2.92. The summed E-state index contributed by atoms with van der Waals surface area (Å²) in [6.45, 7) is 3.45. The van der Waals surface area contributed by atoms with Crippen LogP contribution in [0.2, 0.25) is 0 Å². The molecule has 2 heterocycles. The van der Waals surface area contributed by atoms with Crippen molar-refractivity contribution >= 4 is 5.97 Å². The van der Waals surface area contributed by atoms with Gasteiger partial charge < -0.3 is 14.3 Å². The largest absolute Gasteiger partial charge is 0.481 e. The lowest BCUT2D eigenvalue weighted by Crippen LogP contribution is -2.20. The van der Waals surface area contributed by atoms with E-state index in [2.05, 4.69) is 11.9 Å². The van der Waals surface area contributed by atoms with E-state index in [4.69, 9.17) is 14.3 Å². The number of carbonyl (C=O) groups is 1. The molecule has 0 spiro atoms. The maximum Gasteiger partial charge on any atom is 0.303 e. The van der Waals surface area contributed by atoms with E-state index in [1.54, 1.807) is 6.20 Å². The molecule has 88 valence electrons. The Morgan fingerprint density at radius 3 is 3.12 bits per heavy atom. The summed E-state index contributed by atoms with van der Waals surface area (Å²) in [5, 5.41) is 8.55.